The molecule has 0 bridgehead atoms. The van der Waals surface area contributed by atoms with Crippen molar-refractivity contribution < 1.29 is 9.63 Å². The minimum atomic E-state index is -0.188. The number of rotatable bonds is 2. The first-order valence-corrected chi connectivity index (χ1v) is 6.65. The number of para-hydroxylation sites is 1. The highest BCUT2D eigenvalue weighted by molar-refractivity contribution is 5.75. The van der Waals surface area contributed by atoms with E-state index in [4.69, 9.17) is 10.6 Å². The summed E-state index contributed by atoms with van der Waals surface area (Å²) >= 11 is 0. The second-order valence-corrected chi connectivity index (χ2v) is 6.16. The maximum atomic E-state index is 12.1. The van der Waals surface area contributed by atoms with Crippen LogP contribution >= 0.6 is 0 Å². The van der Waals surface area contributed by atoms with Gasteiger partial charge in [-0.05, 0) is 45.7 Å². The van der Waals surface area contributed by atoms with Gasteiger partial charge >= 0.3 is 5.97 Å². The smallest absolute Gasteiger partial charge is 0.330 e. The van der Waals surface area contributed by atoms with Crippen LogP contribution in [-0.4, -0.2) is 22.6 Å². The third-order valence-electron chi connectivity index (χ3n) is 3.60. The van der Waals surface area contributed by atoms with Gasteiger partial charge in [-0.15, -0.1) is 5.06 Å². The molecule has 19 heavy (non-hydrogen) atoms. The van der Waals surface area contributed by atoms with Crippen LogP contribution in [0.4, 0.5) is 5.69 Å². The minimum Gasteiger partial charge on any atom is -0.399 e. The molecule has 2 N–H and O–H groups in total. The number of hydrogen-bond donors (Lipinski definition) is 1. The first-order valence-electron chi connectivity index (χ1n) is 6.65. The summed E-state index contributed by atoms with van der Waals surface area (Å²) in [6, 6.07) is 7.72. The molecule has 104 valence electrons. The zero-order valence-electron chi connectivity index (χ0n) is 12.0. The predicted octanol–water partition coefficient (Wildman–Crippen LogP) is 2.39. The number of carbonyl (C=O) groups excluding carboxylic acids is 1. The third kappa shape index (κ3) is 2.73. The minimum absolute atomic E-state index is 0.0482. The van der Waals surface area contributed by atoms with Crippen molar-refractivity contribution >= 4 is 11.7 Å². The molecule has 2 rings (SSSR count). The number of nitrogens with zero attached hydrogens (tertiary/aromatic N) is 1. The lowest BCUT2D eigenvalue weighted by Gasteiger charge is -2.32. The second-order valence-electron chi connectivity index (χ2n) is 6.16. The molecule has 1 aliphatic heterocycles. The highest BCUT2D eigenvalue weighted by Crippen LogP contribution is 2.32. The molecule has 0 saturated carbocycles. The lowest BCUT2D eigenvalue weighted by Crippen LogP contribution is -2.44. The van der Waals surface area contributed by atoms with E-state index in [0.29, 0.717) is 6.42 Å². The normalized spacial score (nSPS) is 24.5. The Labute approximate surface area is 114 Å². The van der Waals surface area contributed by atoms with Crippen molar-refractivity contribution in [1.82, 2.24) is 5.06 Å². The Morgan fingerprint density at radius 3 is 2.47 bits per heavy atom. The zero-order chi connectivity index (χ0) is 14.2. The summed E-state index contributed by atoms with van der Waals surface area (Å²) < 4.78 is 0. The molecular formula is C15H22N2O2. The number of anilines is 1. The van der Waals surface area contributed by atoms with Gasteiger partial charge in [-0.1, -0.05) is 18.2 Å². The van der Waals surface area contributed by atoms with Gasteiger partial charge in [0.2, 0.25) is 0 Å². The molecule has 0 aromatic heterocycles. The van der Waals surface area contributed by atoms with E-state index < -0.39 is 0 Å². The summed E-state index contributed by atoms with van der Waals surface area (Å²) in [5.74, 6) is -0.324. The van der Waals surface area contributed by atoms with E-state index >= 15 is 0 Å². The van der Waals surface area contributed by atoms with Crippen LogP contribution in [0.2, 0.25) is 0 Å². The number of carbonyl (C=O) groups is 1. The molecule has 1 saturated heterocycles. The van der Waals surface area contributed by atoms with Crippen molar-refractivity contribution in [1.29, 1.82) is 0 Å². The number of nitrogen functional groups attached to an aromatic ring is 1. The Bertz CT molecular complexity index is 479. The van der Waals surface area contributed by atoms with Crippen LogP contribution in [0, 0.1) is 5.92 Å². The molecule has 1 heterocycles. The molecule has 1 aromatic rings. The van der Waals surface area contributed by atoms with Gasteiger partial charge < -0.3 is 10.6 Å². The van der Waals surface area contributed by atoms with E-state index in [9.17, 15) is 4.79 Å². The van der Waals surface area contributed by atoms with Gasteiger partial charge in [-0.2, -0.15) is 0 Å². The van der Waals surface area contributed by atoms with Gasteiger partial charge in [0, 0.05) is 11.2 Å². The van der Waals surface area contributed by atoms with Crippen molar-refractivity contribution in [2.24, 2.45) is 5.92 Å². The molecule has 0 radical (unpaired) electrons. The number of benzene rings is 1. The summed E-state index contributed by atoms with van der Waals surface area (Å²) in [6.45, 7) is 8.14. The summed E-state index contributed by atoms with van der Waals surface area (Å²) in [4.78, 5) is 17.5. The van der Waals surface area contributed by atoms with Crippen molar-refractivity contribution in [3.63, 3.8) is 0 Å². The van der Waals surface area contributed by atoms with Gasteiger partial charge in [-0.3, -0.25) is 0 Å². The van der Waals surface area contributed by atoms with Gasteiger partial charge in [-0.25, -0.2) is 4.79 Å². The maximum Gasteiger partial charge on any atom is 0.330 e. The molecule has 1 aliphatic rings. The quantitative estimate of drug-likeness (QED) is 0.831. The largest absolute Gasteiger partial charge is 0.399 e. The van der Waals surface area contributed by atoms with Gasteiger partial charge in [0.25, 0.3) is 0 Å². The fourth-order valence-corrected chi connectivity index (χ4v) is 2.57. The van der Waals surface area contributed by atoms with Crippen LogP contribution in [0.5, 0.6) is 0 Å². The molecule has 0 amide bonds. The maximum absolute atomic E-state index is 12.1. The van der Waals surface area contributed by atoms with E-state index in [0.717, 1.165) is 11.3 Å². The Balaban J connectivity index is 2.18. The lowest BCUT2D eigenvalue weighted by molar-refractivity contribution is -0.198. The summed E-state index contributed by atoms with van der Waals surface area (Å²) in [6.07, 6.45) is 0.624. The van der Waals surface area contributed by atoms with Crippen LogP contribution in [0.25, 0.3) is 0 Å². The average Bonchev–Trinajstić information content (AvgIpc) is 2.59. The van der Waals surface area contributed by atoms with Crippen LogP contribution in [0.15, 0.2) is 24.3 Å². The Morgan fingerprint density at radius 1 is 1.32 bits per heavy atom. The average molecular weight is 262 g/mol. The molecule has 0 aliphatic carbocycles. The summed E-state index contributed by atoms with van der Waals surface area (Å²) in [5.41, 5.74) is 7.50. The summed E-state index contributed by atoms with van der Waals surface area (Å²) in [5, 5.41) is 1.79. The zero-order valence-corrected chi connectivity index (χ0v) is 12.0. The Hall–Kier alpha value is -1.55. The third-order valence-corrected chi connectivity index (χ3v) is 3.60. The van der Waals surface area contributed by atoms with E-state index in [1.54, 1.807) is 5.06 Å². The molecule has 4 heteroatoms. The first-order chi connectivity index (χ1) is 8.80. The predicted molar refractivity (Wildman–Crippen MR) is 75.2 cm³/mol. The van der Waals surface area contributed by atoms with Crippen molar-refractivity contribution in [2.45, 2.75) is 45.7 Å². The number of hydroxylamine groups is 2. The number of nitrogens with two attached hydrogens (primary N) is 1. The van der Waals surface area contributed by atoms with E-state index in [1.165, 1.54) is 0 Å². The van der Waals surface area contributed by atoms with E-state index in [-0.39, 0.29) is 23.5 Å². The highest BCUT2D eigenvalue weighted by Gasteiger charge is 2.45. The molecule has 2 unspecified atom stereocenters. The second kappa shape index (κ2) is 4.85. The number of hydrogen-bond acceptors (Lipinski definition) is 4. The Morgan fingerprint density at radius 2 is 1.95 bits per heavy atom. The highest BCUT2D eigenvalue weighted by atomic mass is 16.7. The van der Waals surface area contributed by atoms with Crippen LogP contribution < -0.4 is 5.73 Å². The van der Waals surface area contributed by atoms with Gasteiger partial charge in [0.1, 0.15) is 0 Å². The van der Waals surface area contributed by atoms with Crippen LogP contribution in [0.3, 0.4) is 0 Å². The van der Waals surface area contributed by atoms with Crippen LogP contribution in [0.1, 0.15) is 33.3 Å². The van der Waals surface area contributed by atoms with Gasteiger partial charge in [0.15, 0.2) is 0 Å². The molecule has 1 fully saturated rings. The Kier molecular flexibility index (Phi) is 3.54. The molecule has 4 nitrogen and oxygen atoms in total. The van der Waals surface area contributed by atoms with Crippen molar-refractivity contribution in [3.05, 3.63) is 29.8 Å². The molecule has 0 spiro atoms. The monoisotopic (exact) mass is 262 g/mol. The topological polar surface area (TPSA) is 55.6 Å². The van der Waals surface area contributed by atoms with E-state index in [2.05, 4.69) is 0 Å². The van der Waals surface area contributed by atoms with Crippen LogP contribution in [-0.2, 0) is 16.1 Å². The van der Waals surface area contributed by atoms with Gasteiger partial charge in [0.05, 0.1) is 12.0 Å². The molecule has 1 aromatic carbocycles. The standard InChI is InChI=1S/C15H22N2O2/c1-10-12(9-11-7-5-6-8-13(11)16)14(18)19-17(10)15(2,3)4/h5-8,10,12H,9,16H2,1-4H3. The fraction of sp³-hybridized carbons (Fsp3) is 0.533. The SMILES string of the molecule is CC1C(Cc2ccccc2N)C(=O)ON1C(C)(C)C. The summed E-state index contributed by atoms with van der Waals surface area (Å²) in [7, 11) is 0. The molecular weight excluding hydrogens is 240 g/mol. The first kappa shape index (κ1) is 13.9. The lowest BCUT2D eigenvalue weighted by atomic mass is 9.91. The van der Waals surface area contributed by atoms with Crippen molar-refractivity contribution in [2.75, 3.05) is 5.73 Å². The fourth-order valence-electron chi connectivity index (χ4n) is 2.57. The van der Waals surface area contributed by atoms with E-state index in [1.807, 2.05) is 52.0 Å². The van der Waals surface area contributed by atoms with Crippen molar-refractivity contribution in [3.8, 4) is 0 Å². The molecule has 2 atom stereocenters.